The van der Waals surface area contributed by atoms with Crippen molar-refractivity contribution in [2.75, 3.05) is 38.1 Å². The third-order valence-electron chi connectivity index (χ3n) is 5.67. The van der Waals surface area contributed by atoms with Crippen molar-refractivity contribution >= 4 is 5.82 Å². The predicted molar refractivity (Wildman–Crippen MR) is 116 cm³/mol. The van der Waals surface area contributed by atoms with Crippen LogP contribution in [0.25, 0.3) is 5.69 Å². The summed E-state index contributed by atoms with van der Waals surface area (Å²) in [5.41, 5.74) is 0.901. The van der Waals surface area contributed by atoms with Gasteiger partial charge in [0, 0.05) is 32.4 Å². The van der Waals surface area contributed by atoms with Crippen LogP contribution in [0.1, 0.15) is 11.3 Å². The van der Waals surface area contributed by atoms with E-state index in [1.165, 1.54) is 16.7 Å². The van der Waals surface area contributed by atoms with Crippen LogP contribution in [-0.4, -0.2) is 63.7 Å². The van der Waals surface area contributed by atoms with Crippen LogP contribution in [0.3, 0.4) is 0 Å². The molecule has 1 fully saturated rings. The highest BCUT2D eigenvalue weighted by atomic mass is 19.4. The molecule has 1 saturated heterocycles. The van der Waals surface area contributed by atoms with Crippen molar-refractivity contribution in [1.82, 2.24) is 19.0 Å². The first-order valence-corrected chi connectivity index (χ1v) is 10.4. The van der Waals surface area contributed by atoms with E-state index < -0.39 is 17.8 Å². The minimum atomic E-state index is -4.81. The van der Waals surface area contributed by atoms with E-state index in [4.69, 9.17) is 0 Å². The molecule has 11 heteroatoms. The minimum Gasteiger partial charge on any atom is -0.493 e. The number of rotatable bonds is 5. The molecule has 3 heterocycles. The van der Waals surface area contributed by atoms with Crippen LogP contribution in [0, 0.1) is 6.92 Å². The Morgan fingerprint density at radius 2 is 1.76 bits per heavy atom. The predicted octanol–water partition coefficient (Wildman–Crippen LogP) is 2.75. The first-order chi connectivity index (χ1) is 15.6. The van der Waals surface area contributed by atoms with Gasteiger partial charge in [-0.25, -0.2) is 14.3 Å². The summed E-state index contributed by atoms with van der Waals surface area (Å²) in [5, 5.41) is 10.6. The van der Waals surface area contributed by atoms with Crippen molar-refractivity contribution in [2.45, 2.75) is 19.8 Å². The van der Waals surface area contributed by atoms with Gasteiger partial charge < -0.3 is 19.6 Å². The molecule has 1 aliphatic rings. The van der Waals surface area contributed by atoms with Crippen LogP contribution in [-0.2, 0) is 6.54 Å². The molecule has 2 aromatic heterocycles. The molecule has 0 unspecified atom stereocenters. The van der Waals surface area contributed by atoms with Crippen LogP contribution >= 0.6 is 0 Å². The Morgan fingerprint density at radius 3 is 2.39 bits per heavy atom. The van der Waals surface area contributed by atoms with Crippen molar-refractivity contribution in [1.29, 1.82) is 0 Å². The fraction of sp³-hybridized carbons (Fsp3) is 0.364. The maximum absolute atomic E-state index is 13.1. The average Bonchev–Trinajstić information content (AvgIpc) is 2.97. The zero-order valence-corrected chi connectivity index (χ0v) is 18.2. The summed E-state index contributed by atoms with van der Waals surface area (Å²) in [5.74, 6) is 0.135. The molecular weight excluding hydrogens is 439 g/mol. The van der Waals surface area contributed by atoms with Crippen LogP contribution in [0.15, 0.2) is 47.4 Å². The number of likely N-dealkylation sites (N-methyl/N-ethyl adjacent to an activating group) is 1. The number of ether oxygens (including phenoxy) is 1. The zero-order chi connectivity index (χ0) is 23.8. The van der Waals surface area contributed by atoms with Crippen molar-refractivity contribution < 1.29 is 23.0 Å². The third kappa shape index (κ3) is 4.98. The molecule has 1 N–H and O–H groups in total. The summed E-state index contributed by atoms with van der Waals surface area (Å²) in [6.45, 7) is 5.41. The fourth-order valence-electron chi connectivity index (χ4n) is 3.80. The first kappa shape index (κ1) is 22.7. The summed E-state index contributed by atoms with van der Waals surface area (Å²) in [6, 6.07) is 8.48. The van der Waals surface area contributed by atoms with Crippen LogP contribution in [0.5, 0.6) is 11.6 Å². The SMILES string of the molecule is Cc1c(O)n(-c2ccc(OC(F)(F)F)cc2)c(=O)n1Cc1ccnc(N2CCN(C)CC2)c1. The van der Waals surface area contributed by atoms with Crippen LogP contribution < -0.4 is 15.3 Å². The van der Waals surface area contributed by atoms with Gasteiger partial charge in [-0.2, -0.15) is 0 Å². The lowest BCUT2D eigenvalue weighted by atomic mass is 10.2. The Bertz CT molecular complexity index is 1180. The molecule has 33 heavy (non-hydrogen) atoms. The van der Waals surface area contributed by atoms with Gasteiger partial charge >= 0.3 is 12.1 Å². The lowest BCUT2D eigenvalue weighted by molar-refractivity contribution is -0.274. The monoisotopic (exact) mass is 463 g/mol. The molecule has 1 aliphatic heterocycles. The number of alkyl halides is 3. The Balaban J connectivity index is 1.59. The number of aromatic nitrogens is 3. The molecule has 0 atom stereocenters. The molecule has 8 nitrogen and oxygen atoms in total. The molecule has 3 aromatic rings. The van der Waals surface area contributed by atoms with E-state index in [1.54, 1.807) is 13.1 Å². The van der Waals surface area contributed by atoms with Crippen LogP contribution in [0.2, 0.25) is 0 Å². The molecule has 0 radical (unpaired) electrons. The largest absolute Gasteiger partial charge is 0.573 e. The molecule has 4 rings (SSSR count). The van der Waals surface area contributed by atoms with Crippen molar-refractivity contribution in [2.24, 2.45) is 0 Å². The summed E-state index contributed by atoms with van der Waals surface area (Å²) >= 11 is 0. The Labute approximate surface area is 188 Å². The molecule has 0 saturated carbocycles. The highest BCUT2D eigenvalue weighted by molar-refractivity contribution is 5.43. The topological polar surface area (TPSA) is 75.8 Å². The molecule has 0 aliphatic carbocycles. The second kappa shape index (κ2) is 8.81. The van der Waals surface area contributed by atoms with Crippen molar-refractivity contribution in [3.63, 3.8) is 0 Å². The molecule has 0 spiro atoms. The van der Waals surface area contributed by atoms with Gasteiger partial charge in [-0.15, -0.1) is 13.2 Å². The number of hydrogen-bond donors (Lipinski definition) is 1. The second-order valence-electron chi connectivity index (χ2n) is 7.97. The maximum Gasteiger partial charge on any atom is 0.573 e. The summed E-state index contributed by atoms with van der Waals surface area (Å²) in [6.07, 6.45) is -3.12. The van der Waals surface area contributed by atoms with E-state index in [0.29, 0.717) is 5.69 Å². The number of hydrogen-bond acceptors (Lipinski definition) is 6. The quantitative estimate of drug-likeness (QED) is 0.627. The zero-order valence-electron chi connectivity index (χ0n) is 18.2. The van der Waals surface area contributed by atoms with Gasteiger partial charge in [0.05, 0.1) is 17.9 Å². The normalized spacial score (nSPS) is 15.1. The van der Waals surface area contributed by atoms with Gasteiger partial charge in [0.15, 0.2) is 0 Å². The van der Waals surface area contributed by atoms with E-state index in [1.807, 2.05) is 12.1 Å². The number of benzene rings is 1. The summed E-state index contributed by atoms with van der Waals surface area (Å²) < 4.78 is 43.5. The van der Waals surface area contributed by atoms with Crippen LogP contribution in [0.4, 0.5) is 19.0 Å². The lowest BCUT2D eigenvalue weighted by Crippen LogP contribution is -2.44. The number of anilines is 1. The van der Waals surface area contributed by atoms with Gasteiger partial charge in [-0.05, 0) is 55.9 Å². The maximum atomic E-state index is 13.1. The number of pyridine rings is 1. The second-order valence-corrected chi connectivity index (χ2v) is 7.97. The molecule has 176 valence electrons. The standard InChI is InChI=1S/C22H24F3N5O3/c1-15-20(31)30(17-3-5-18(6-4-17)33-22(23,24)25)21(32)29(15)14-16-7-8-26-19(13-16)28-11-9-27(2)10-12-28/h3-8,13,31H,9-12,14H2,1-2H3. The highest BCUT2D eigenvalue weighted by Crippen LogP contribution is 2.26. The molecule has 0 bridgehead atoms. The summed E-state index contributed by atoms with van der Waals surface area (Å²) in [7, 11) is 2.07. The Hall–Kier alpha value is -3.47. The number of piperazine rings is 1. The molecule has 0 amide bonds. The summed E-state index contributed by atoms with van der Waals surface area (Å²) in [4.78, 5) is 22.0. The van der Waals surface area contributed by atoms with Gasteiger partial charge in [0.25, 0.3) is 0 Å². The number of imidazole rings is 1. The Kier molecular flexibility index (Phi) is 6.07. The van der Waals surface area contributed by atoms with Crippen molar-refractivity contribution in [3.05, 3.63) is 64.3 Å². The average molecular weight is 463 g/mol. The number of halogens is 3. The third-order valence-corrected chi connectivity index (χ3v) is 5.67. The van der Waals surface area contributed by atoms with Crippen molar-refractivity contribution in [3.8, 4) is 17.3 Å². The van der Waals surface area contributed by atoms with E-state index in [9.17, 15) is 23.1 Å². The van der Waals surface area contributed by atoms with E-state index >= 15 is 0 Å². The highest BCUT2D eigenvalue weighted by Gasteiger charge is 2.31. The molecule has 1 aromatic carbocycles. The van der Waals surface area contributed by atoms with Gasteiger partial charge in [0.1, 0.15) is 11.6 Å². The lowest BCUT2D eigenvalue weighted by Gasteiger charge is -2.33. The smallest absolute Gasteiger partial charge is 0.493 e. The first-order valence-electron chi connectivity index (χ1n) is 10.4. The fourth-order valence-corrected chi connectivity index (χ4v) is 3.80. The van der Waals surface area contributed by atoms with Gasteiger partial charge in [-0.3, -0.25) is 4.57 Å². The van der Waals surface area contributed by atoms with Gasteiger partial charge in [-0.1, -0.05) is 0 Å². The Morgan fingerprint density at radius 1 is 1.09 bits per heavy atom. The van der Waals surface area contributed by atoms with E-state index in [0.717, 1.165) is 54.3 Å². The molecular formula is C22H24F3N5O3. The minimum absolute atomic E-state index is 0.212. The van der Waals surface area contributed by atoms with E-state index in [-0.39, 0.29) is 18.1 Å². The number of nitrogens with zero attached hydrogens (tertiary/aromatic N) is 5. The van der Waals surface area contributed by atoms with E-state index in [2.05, 4.69) is 26.6 Å². The number of aromatic hydroxyl groups is 1. The van der Waals surface area contributed by atoms with Gasteiger partial charge in [0.2, 0.25) is 5.88 Å².